The lowest BCUT2D eigenvalue weighted by molar-refractivity contribution is -0.126. The van der Waals surface area contributed by atoms with Crippen LogP contribution >= 0.6 is 0 Å². The van der Waals surface area contributed by atoms with Crippen LogP contribution in [0.25, 0.3) is 0 Å². The lowest BCUT2D eigenvalue weighted by atomic mass is 10.2. The number of carbonyl (C=O) groups is 1. The van der Waals surface area contributed by atoms with Crippen LogP contribution in [-0.2, 0) is 16.0 Å². The number of rotatable bonds is 5. The van der Waals surface area contributed by atoms with Gasteiger partial charge in [0.05, 0.1) is 25.1 Å². The van der Waals surface area contributed by atoms with Gasteiger partial charge in [-0.05, 0) is 44.0 Å². The molecule has 0 saturated carbocycles. The van der Waals surface area contributed by atoms with Gasteiger partial charge in [0, 0.05) is 18.7 Å². The molecule has 6 nitrogen and oxygen atoms in total. The first-order chi connectivity index (χ1) is 13.4. The Morgan fingerprint density at radius 1 is 1.32 bits per heavy atom. The Bertz CT molecular complexity index is 771. The number of halogens is 2. The van der Waals surface area contributed by atoms with Crippen LogP contribution in [-0.4, -0.2) is 41.9 Å². The summed E-state index contributed by atoms with van der Waals surface area (Å²) in [6.07, 6.45) is 3.62. The molecule has 1 saturated heterocycles. The highest BCUT2D eigenvalue weighted by Crippen LogP contribution is 2.20. The van der Waals surface area contributed by atoms with Crippen molar-refractivity contribution >= 4 is 11.6 Å². The van der Waals surface area contributed by atoms with Gasteiger partial charge in [-0.15, -0.1) is 0 Å². The zero-order valence-electron chi connectivity index (χ0n) is 15.8. The minimum Gasteiger partial charge on any atom is -0.494 e. The number of amides is 1. The molecule has 0 bridgehead atoms. The summed E-state index contributed by atoms with van der Waals surface area (Å²) in [5.41, 5.74) is 1.46. The monoisotopic (exact) mass is 394 g/mol. The molecule has 2 heterocycles. The van der Waals surface area contributed by atoms with Gasteiger partial charge in [0.2, 0.25) is 5.82 Å². The standard InChI is InChI=1S/C13H18N2O3.C7H6F2O/c1-9-2-5-12(18-9)13(17)15-11-4-3-10(6-7-16)14-8-11;1-10-6-4-2-3-5(8)7(6)9/h3-4,8-9,12,16H,2,5-7H2,1H3,(H,15,17);2-4H,1H3. The van der Waals surface area contributed by atoms with Crippen molar-refractivity contribution in [3.63, 3.8) is 0 Å². The van der Waals surface area contributed by atoms with E-state index in [0.717, 1.165) is 24.6 Å². The molecule has 8 heteroatoms. The molecule has 0 aliphatic carbocycles. The molecule has 1 amide bonds. The Kier molecular flexibility index (Phi) is 8.28. The SMILES string of the molecule is CC1CCC(C(=O)Nc2ccc(CCO)nc2)O1.COc1cccc(F)c1F. The number of methoxy groups -OCH3 is 1. The van der Waals surface area contributed by atoms with E-state index < -0.39 is 11.6 Å². The molecular formula is C20H24F2N2O4. The summed E-state index contributed by atoms with van der Waals surface area (Å²) < 4.78 is 34.8. The van der Waals surface area contributed by atoms with Gasteiger partial charge in [0.1, 0.15) is 6.10 Å². The number of hydrogen-bond acceptors (Lipinski definition) is 5. The molecule has 1 aliphatic heterocycles. The Hall–Kier alpha value is -2.58. The van der Waals surface area contributed by atoms with E-state index in [1.807, 2.05) is 6.92 Å². The molecule has 1 aromatic heterocycles. The Labute approximate surface area is 162 Å². The summed E-state index contributed by atoms with van der Waals surface area (Å²) in [6.45, 7) is 2.05. The second-order valence-corrected chi connectivity index (χ2v) is 6.27. The number of aliphatic hydroxyl groups is 1. The third-order valence-corrected chi connectivity index (χ3v) is 4.12. The van der Waals surface area contributed by atoms with Gasteiger partial charge in [-0.2, -0.15) is 4.39 Å². The highest BCUT2D eigenvalue weighted by molar-refractivity contribution is 5.94. The Balaban J connectivity index is 0.000000237. The molecule has 0 spiro atoms. The van der Waals surface area contributed by atoms with E-state index in [1.54, 1.807) is 18.3 Å². The molecule has 1 fully saturated rings. The lowest BCUT2D eigenvalue weighted by Gasteiger charge is -2.11. The van der Waals surface area contributed by atoms with E-state index in [2.05, 4.69) is 15.0 Å². The normalized spacial score (nSPS) is 18.2. The maximum absolute atomic E-state index is 12.5. The number of hydrogen-bond donors (Lipinski definition) is 2. The molecule has 1 aliphatic rings. The number of aromatic nitrogens is 1. The molecule has 28 heavy (non-hydrogen) atoms. The van der Waals surface area contributed by atoms with E-state index in [4.69, 9.17) is 9.84 Å². The summed E-state index contributed by atoms with van der Waals surface area (Å²) in [7, 11) is 1.29. The van der Waals surface area contributed by atoms with Crippen LogP contribution in [0, 0.1) is 11.6 Å². The van der Waals surface area contributed by atoms with E-state index in [1.165, 1.54) is 19.2 Å². The number of ether oxygens (including phenoxy) is 2. The van der Waals surface area contributed by atoms with Gasteiger partial charge in [0.25, 0.3) is 5.91 Å². The summed E-state index contributed by atoms with van der Waals surface area (Å²) in [5, 5.41) is 11.6. The number of nitrogens with one attached hydrogen (secondary N) is 1. The fourth-order valence-corrected chi connectivity index (χ4v) is 2.62. The largest absolute Gasteiger partial charge is 0.494 e. The molecule has 0 radical (unpaired) electrons. The van der Waals surface area contributed by atoms with Crippen molar-refractivity contribution in [2.75, 3.05) is 19.0 Å². The fourth-order valence-electron chi connectivity index (χ4n) is 2.62. The predicted octanol–water partition coefficient (Wildman–Crippen LogP) is 3.10. The van der Waals surface area contributed by atoms with Crippen LogP contribution in [0.5, 0.6) is 5.75 Å². The molecule has 1 aromatic carbocycles. The topological polar surface area (TPSA) is 80.7 Å². The molecule has 152 valence electrons. The van der Waals surface area contributed by atoms with E-state index >= 15 is 0 Å². The highest BCUT2D eigenvalue weighted by atomic mass is 19.2. The minimum absolute atomic E-state index is 0.0694. The second-order valence-electron chi connectivity index (χ2n) is 6.27. The molecule has 3 rings (SSSR count). The van der Waals surface area contributed by atoms with Gasteiger partial charge < -0.3 is 19.9 Å². The van der Waals surface area contributed by atoms with Gasteiger partial charge in [-0.1, -0.05) is 6.07 Å². The molecule has 2 atom stereocenters. The number of nitrogens with zero attached hydrogens (tertiary/aromatic N) is 1. The molecule has 2 unspecified atom stereocenters. The maximum atomic E-state index is 12.5. The van der Waals surface area contributed by atoms with Crippen LogP contribution < -0.4 is 10.1 Å². The average Bonchev–Trinajstić information content (AvgIpc) is 3.13. The number of pyridine rings is 1. The molecule has 2 N–H and O–H groups in total. The third kappa shape index (κ3) is 6.24. The number of aliphatic hydroxyl groups excluding tert-OH is 1. The lowest BCUT2D eigenvalue weighted by Crippen LogP contribution is -2.27. The van der Waals surface area contributed by atoms with Crippen molar-refractivity contribution in [1.29, 1.82) is 0 Å². The van der Waals surface area contributed by atoms with Gasteiger partial charge >= 0.3 is 0 Å². The van der Waals surface area contributed by atoms with Crippen molar-refractivity contribution < 1.29 is 28.2 Å². The maximum Gasteiger partial charge on any atom is 0.253 e. The van der Waals surface area contributed by atoms with Crippen molar-refractivity contribution in [3.05, 3.63) is 53.9 Å². The predicted molar refractivity (Wildman–Crippen MR) is 100 cm³/mol. The van der Waals surface area contributed by atoms with Crippen LogP contribution in [0.4, 0.5) is 14.5 Å². The van der Waals surface area contributed by atoms with Crippen LogP contribution in [0.1, 0.15) is 25.5 Å². The number of carbonyl (C=O) groups excluding carboxylic acids is 1. The zero-order valence-corrected chi connectivity index (χ0v) is 15.8. The summed E-state index contributed by atoms with van der Waals surface area (Å²) in [6, 6.07) is 7.37. The van der Waals surface area contributed by atoms with Gasteiger partial charge in [0.15, 0.2) is 11.6 Å². The fraction of sp³-hybridized carbons (Fsp3) is 0.400. The smallest absolute Gasteiger partial charge is 0.253 e. The van der Waals surface area contributed by atoms with Gasteiger partial charge in [-0.25, -0.2) is 4.39 Å². The Morgan fingerprint density at radius 3 is 2.64 bits per heavy atom. The van der Waals surface area contributed by atoms with Crippen molar-refractivity contribution in [1.82, 2.24) is 4.98 Å². The first kappa shape index (κ1) is 21.7. The van der Waals surface area contributed by atoms with E-state index in [9.17, 15) is 13.6 Å². The van der Waals surface area contributed by atoms with Crippen LogP contribution in [0.3, 0.4) is 0 Å². The first-order valence-corrected chi connectivity index (χ1v) is 8.94. The summed E-state index contributed by atoms with van der Waals surface area (Å²) in [4.78, 5) is 16.0. The van der Waals surface area contributed by atoms with Crippen molar-refractivity contribution in [2.24, 2.45) is 0 Å². The zero-order chi connectivity index (χ0) is 20.5. The Morgan fingerprint density at radius 2 is 2.11 bits per heavy atom. The summed E-state index contributed by atoms with van der Waals surface area (Å²) >= 11 is 0. The van der Waals surface area contributed by atoms with Crippen molar-refractivity contribution in [2.45, 2.75) is 38.4 Å². The molecule has 2 aromatic rings. The quantitative estimate of drug-likeness (QED) is 0.815. The third-order valence-electron chi connectivity index (χ3n) is 4.12. The van der Waals surface area contributed by atoms with Crippen LogP contribution in [0.2, 0.25) is 0 Å². The van der Waals surface area contributed by atoms with Crippen LogP contribution in [0.15, 0.2) is 36.5 Å². The van der Waals surface area contributed by atoms with Gasteiger partial charge in [-0.3, -0.25) is 9.78 Å². The van der Waals surface area contributed by atoms with E-state index in [0.29, 0.717) is 12.1 Å². The second kappa shape index (κ2) is 10.7. The number of benzene rings is 1. The van der Waals surface area contributed by atoms with Crippen molar-refractivity contribution in [3.8, 4) is 5.75 Å². The molecular weight excluding hydrogens is 370 g/mol. The summed E-state index contributed by atoms with van der Waals surface area (Å²) in [5.74, 6) is -2.01. The van der Waals surface area contributed by atoms with E-state index in [-0.39, 0.29) is 30.5 Å². The minimum atomic E-state index is -0.940. The first-order valence-electron chi connectivity index (χ1n) is 8.94. The average molecular weight is 394 g/mol. The number of anilines is 1. The highest BCUT2D eigenvalue weighted by Gasteiger charge is 2.28.